The van der Waals surface area contributed by atoms with Gasteiger partial charge in [0.25, 0.3) is 5.91 Å². The Morgan fingerprint density at radius 3 is 2.47 bits per heavy atom. The fourth-order valence-electron chi connectivity index (χ4n) is 5.71. The molecule has 3 aromatic rings. The molecule has 34 heavy (non-hydrogen) atoms. The van der Waals surface area contributed by atoms with Crippen LogP contribution in [0.15, 0.2) is 60.7 Å². The molecule has 0 bridgehead atoms. The average Bonchev–Trinajstić information content (AvgIpc) is 3.02. The van der Waals surface area contributed by atoms with Crippen molar-refractivity contribution in [3.8, 4) is 0 Å². The van der Waals surface area contributed by atoms with Gasteiger partial charge >= 0.3 is 0 Å². The Kier molecular flexibility index (Phi) is 6.44. The van der Waals surface area contributed by atoms with Crippen molar-refractivity contribution in [2.24, 2.45) is 0 Å². The average molecular weight is 458 g/mol. The Morgan fingerprint density at radius 2 is 1.71 bits per heavy atom. The molecular weight excluding hydrogens is 422 g/mol. The molecule has 178 valence electrons. The Labute approximate surface area is 202 Å². The fourth-order valence-corrected chi connectivity index (χ4v) is 5.71. The summed E-state index contributed by atoms with van der Waals surface area (Å²) in [6, 6.07) is 20.6. The first kappa shape index (κ1) is 22.7. The summed E-state index contributed by atoms with van der Waals surface area (Å²) in [5, 5.41) is 4.40. The molecule has 5 rings (SSSR count). The number of amides is 2. The lowest BCUT2D eigenvalue weighted by Gasteiger charge is -2.44. The van der Waals surface area contributed by atoms with Gasteiger partial charge in [0.15, 0.2) is 0 Å². The molecule has 0 radical (unpaired) electrons. The summed E-state index contributed by atoms with van der Waals surface area (Å²) >= 11 is 0. The smallest absolute Gasteiger partial charge is 0.271 e. The fraction of sp³-hybridized carbons (Fsp3) is 0.448. The van der Waals surface area contributed by atoms with Crippen LogP contribution >= 0.6 is 0 Å². The van der Waals surface area contributed by atoms with Gasteiger partial charge in [0.05, 0.1) is 6.54 Å². The summed E-state index contributed by atoms with van der Waals surface area (Å²) < 4.78 is 2.05. The Balaban J connectivity index is 1.43. The highest BCUT2D eigenvalue weighted by Crippen LogP contribution is 2.33. The molecule has 5 nitrogen and oxygen atoms in total. The van der Waals surface area contributed by atoms with E-state index in [-0.39, 0.29) is 17.9 Å². The first-order valence-electron chi connectivity index (χ1n) is 12.8. The number of hydrogen-bond acceptors (Lipinski definition) is 2. The molecule has 1 atom stereocenters. The summed E-state index contributed by atoms with van der Waals surface area (Å²) in [7, 11) is 0. The summed E-state index contributed by atoms with van der Waals surface area (Å²) in [6.45, 7) is 2.99. The van der Waals surface area contributed by atoms with E-state index in [0.29, 0.717) is 18.8 Å². The number of benzene rings is 2. The van der Waals surface area contributed by atoms with E-state index in [4.69, 9.17) is 0 Å². The van der Waals surface area contributed by atoms with E-state index in [1.807, 2.05) is 60.4 Å². The molecule has 0 spiro atoms. The van der Waals surface area contributed by atoms with Crippen molar-refractivity contribution in [2.75, 3.05) is 6.54 Å². The summed E-state index contributed by atoms with van der Waals surface area (Å²) in [6.07, 6.45) is 8.57. The van der Waals surface area contributed by atoms with Gasteiger partial charge in [0, 0.05) is 23.5 Å². The van der Waals surface area contributed by atoms with Crippen LogP contribution in [0.4, 0.5) is 0 Å². The number of para-hydroxylation sites is 1. The molecule has 0 saturated heterocycles. The third kappa shape index (κ3) is 4.36. The van der Waals surface area contributed by atoms with Crippen molar-refractivity contribution in [2.45, 2.75) is 76.4 Å². The Bertz CT molecular complexity index is 1160. The molecule has 1 aromatic heterocycles. The monoisotopic (exact) mass is 457 g/mol. The number of aromatic nitrogens is 1. The standard InChI is InChI=1S/C29H35N3O2/c1-29(28(34)30-24-16-7-2-3-8-17-24)21-31-25-18-10-9-15-23(25)20-26(31)27(33)32(29)19-11-14-22-12-5-4-6-13-22/h4-6,9-10,12-13,15,18,20,24H,2-3,7-8,11,14,16-17,19,21H2,1H3,(H,30,34)/t29-/m1/s1. The molecule has 1 fully saturated rings. The van der Waals surface area contributed by atoms with Crippen LogP contribution in [0.25, 0.3) is 10.9 Å². The van der Waals surface area contributed by atoms with Crippen LogP contribution in [0.5, 0.6) is 0 Å². The number of nitrogens with one attached hydrogen (secondary N) is 1. The Morgan fingerprint density at radius 1 is 1.00 bits per heavy atom. The SMILES string of the molecule is C[C@]1(C(=O)NC2CCCCCC2)Cn2c(cc3ccccc32)C(=O)N1CCCc1ccccc1. The zero-order chi connectivity index (χ0) is 23.5. The third-order valence-electron chi connectivity index (χ3n) is 7.71. The lowest BCUT2D eigenvalue weighted by molar-refractivity contribution is -0.133. The molecule has 0 unspecified atom stereocenters. The van der Waals surface area contributed by atoms with Gasteiger partial charge in [-0.05, 0) is 50.3 Å². The van der Waals surface area contributed by atoms with Crippen molar-refractivity contribution >= 4 is 22.7 Å². The van der Waals surface area contributed by atoms with Crippen molar-refractivity contribution in [1.82, 2.24) is 14.8 Å². The highest BCUT2D eigenvalue weighted by molar-refractivity contribution is 6.03. The molecule has 2 aliphatic rings. The maximum atomic E-state index is 13.8. The van der Waals surface area contributed by atoms with E-state index in [1.54, 1.807) is 0 Å². The van der Waals surface area contributed by atoms with Gasteiger partial charge < -0.3 is 14.8 Å². The van der Waals surface area contributed by atoms with Crippen molar-refractivity contribution in [3.05, 3.63) is 71.9 Å². The van der Waals surface area contributed by atoms with E-state index in [9.17, 15) is 9.59 Å². The largest absolute Gasteiger partial charge is 0.351 e. The molecule has 1 aliphatic heterocycles. The van der Waals surface area contributed by atoms with Crippen LogP contribution in [0.3, 0.4) is 0 Å². The van der Waals surface area contributed by atoms with Crippen LogP contribution in [0, 0.1) is 0 Å². The van der Waals surface area contributed by atoms with E-state index in [2.05, 4.69) is 22.0 Å². The highest BCUT2D eigenvalue weighted by Gasteiger charge is 2.47. The topological polar surface area (TPSA) is 54.3 Å². The molecule has 5 heteroatoms. The van der Waals surface area contributed by atoms with Crippen LogP contribution < -0.4 is 5.32 Å². The predicted octanol–water partition coefficient (Wildman–Crippen LogP) is 5.33. The van der Waals surface area contributed by atoms with E-state index >= 15 is 0 Å². The van der Waals surface area contributed by atoms with E-state index in [1.165, 1.54) is 18.4 Å². The number of hydrogen-bond donors (Lipinski definition) is 1. The first-order chi connectivity index (χ1) is 16.6. The lowest BCUT2D eigenvalue weighted by atomic mass is 9.93. The minimum atomic E-state index is -0.922. The summed E-state index contributed by atoms with van der Waals surface area (Å²) in [4.78, 5) is 29.5. The number of aryl methyl sites for hydroxylation is 1. The summed E-state index contributed by atoms with van der Waals surface area (Å²) in [5.41, 5.74) is 2.03. The minimum absolute atomic E-state index is 0.0177. The zero-order valence-corrected chi connectivity index (χ0v) is 20.1. The van der Waals surface area contributed by atoms with Gasteiger partial charge in [-0.25, -0.2) is 0 Å². The maximum Gasteiger partial charge on any atom is 0.271 e. The van der Waals surface area contributed by atoms with E-state index < -0.39 is 5.54 Å². The van der Waals surface area contributed by atoms with Gasteiger partial charge in [-0.15, -0.1) is 0 Å². The van der Waals surface area contributed by atoms with Crippen LogP contribution in [0.2, 0.25) is 0 Å². The van der Waals surface area contributed by atoms with Crippen molar-refractivity contribution in [3.63, 3.8) is 0 Å². The quantitative estimate of drug-likeness (QED) is 0.509. The zero-order valence-electron chi connectivity index (χ0n) is 20.1. The molecular formula is C29H35N3O2. The van der Waals surface area contributed by atoms with Crippen LogP contribution in [-0.2, 0) is 17.8 Å². The van der Waals surface area contributed by atoms with Gasteiger partial charge in [-0.3, -0.25) is 9.59 Å². The number of fused-ring (bicyclic) bond motifs is 3. The number of nitrogens with zero attached hydrogens (tertiary/aromatic N) is 2. The number of rotatable bonds is 6. The number of carbonyl (C=O) groups is 2. The summed E-state index contributed by atoms with van der Waals surface area (Å²) in [5.74, 6) is -0.0649. The molecule has 2 aromatic carbocycles. The van der Waals surface area contributed by atoms with Gasteiger partial charge in [0.2, 0.25) is 5.91 Å². The second-order valence-electron chi connectivity index (χ2n) is 10.2. The predicted molar refractivity (Wildman–Crippen MR) is 136 cm³/mol. The normalized spacial score (nSPS) is 21.3. The molecule has 1 saturated carbocycles. The molecule has 2 amide bonds. The van der Waals surface area contributed by atoms with Crippen LogP contribution in [-0.4, -0.2) is 39.4 Å². The van der Waals surface area contributed by atoms with Gasteiger partial charge in [-0.1, -0.05) is 74.2 Å². The third-order valence-corrected chi connectivity index (χ3v) is 7.71. The van der Waals surface area contributed by atoms with Crippen molar-refractivity contribution in [1.29, 1.82) is 0 Å². The lowest BCUT2D eigenvalue weighted by Crippen LogP contribution is -2.65. The molecule has 2 heterocycles. The second kappa shape index (κ2) is 9.65. The van der Waals surface area contributed by atoms with Gasteiger partial charge in [-0.2, -0.15) is 0 Å². The first-order valence-corrected chi connectivity index (χ1v) is 12.8. The van der Waals surface area contributed by atoms with Gasteiger partial charge in [0.1, 0.15) is 11.2 Å². The highest BCUT2D eigenvalue weighted by atomic mass is 16.2. The minimum Gasteiger partial charge on any atom is -0.351 e. The van der Waals surface area contributed by atoms with Crippen LogP contribution in [0.1, 0.15) is 67.9 Å². The maximum absolute atomic E-state index is 13.8. The van der Waals surface area contributed by atoms with E-state index in [0.717, 1.165) is 49.4 Å². The second-order valence-corrected chi connectivity index (χ2v) is 10.2. The molecule has 1 N–H and O–H groups in total. The molecule has 1 aliphatic carbocycles. The number of carbonyl (C=O) groups excluding carboxylic acids is 2. The van der Waals surface area contributed by atoms with Crippen molar-refractivity contribution < 1.29 is 9.59 Å². The Hall–Kier alpha value is -3.08.